The fourth-order valence-corrected chi connectivity index (χ4v) is 2.58. The van der Waals surface area contributed by atoms with E-state index >= 15 is 0 Å². The zero-order chi connectivity index (χ0) is 13.1. The molecule has 3 N–H and O–H groups in total. The van der Waals surface area contributed by atoms with Gasteiger partial charge in [0, 0.05) is 15.1 Å². The third-order valence-corrected chi connectivity index (χ3v) is 3.64. The van der Waals surface area contributed by atoms with Gasteiger partial charge >= 0.3 is 0 Å². The molecule has 1 aromatic carbocycles. The van der Waals surface area contributed by atoms with Crippen LogP contribution in [-0.2, 0) is 6.42 Å². The number of nitrogens with one attached hydrogen (secondary N) is 1. The third-order valence-electron chi connectivity index (χ3n) is 2.79. The molecule has 0 spiro atoms. The highest BCUT2D eigenvalue weighted by atomic mass is 79.9. The summed E-state index contributed by atoms with van der Waals surface area (Å²) in [5, 5.41) is 0.727. The molecule has 3 nitrogen and oxygen atoms in total. The summed E-state index contributed by atoms with van der Waals surface area (Å²) >= 11 is 9.59. The molecule has 2 aromatic rings. The predicted octanol–water partition coefficient (Wildman–Crippen LogP) is 3.75. The molecule has 1 unspecified atom stereocenters. The molecule has 5 heteroatoms. The van der Waals surface area contributed by atoms with E-state index in [1.807, 2.05) is 31.2 Å². The molecular weight excluding hydrogens is 316 g/mol. The average Bonchev–Trinajstić information content (AvgIpc) is 2.75. The van der Waals surface area contributed by atoms with Gasteiger partial charge in [-0.25, -0.2) is 0 Å². The van der Waals surface area contributed by atoms with Gasteiger partial charge in [0.2, 0.25) is 0 Å². The first-order chi connectivity index (χ1) is 8.60. The Kier molecular flexibility index (Phi) is 4.45. The molecule has 0 saturated carbocycles. The van der Waals surface area contributed by atoms with Crippen LogP contribution in [0.4, 0.5) is 0 Å². The number of benzene rings is 1. The van der Waals surface area contributed by atoms with Crippen molar-refractivity contribution >= 4 is 27.5 Å². The van der Waals surface area contributed by atoms with Crippen molar-refractivity contribution in [1.29, 1.82) is 0 Å². The maximum atomic E-state index is 6.20. The molecule has 0 fully saturated rings. The predicted molar refractivity (Wildman–Crippen MR) is 76.4 cm³/mol. The van der Waals surface area contributed by atoms with E-state index in [2.05, 4.69) is 21.4 Å². The van der Waals surface area contributed by atoms with Crippen LogP contribution in [-0.4, -0.2) is 0 Å². The highest BCUT2D eigenvalue weighted by Gasteiger charge is 2.14. The molecular formula is C13H14BrClN2O. The Bertz CT molecular complexity index is 542. The van der Waals surface area contributed by atoms with Gasteiger partial charge in [0.25, 0.3) is 0 Å². The zero-order valence-corrected chi connectivity index (χ0v) is 12.3. The van der Waals surface area contributed by atoms with E-state index in [0.29, 0.717) is 6.42 Å². The lowest BCUT2D eigenvalue weighted by molar-refractivity contribution is 0.511. The molecule has 0 aliphatic rings. The van der Waals surface area contributed by atoms with Crippen LogP contribution in [0.15, 0.2) is 39.4 Å². The van der Waals surface area contributed by atoms with E-state index in [1.54, 1.807) is 6.26 Å². The number of nitrogens with two attached hydrogens (primary N) is 1. The summed E-state index contributed by atoms with van der Waals surface area (Å²) in [6.07, 6.45) is 2.42. The molecule has 2 rings (SSSR count). The first-order valence-corrected chi connectivity index (χ1v) is 6.72. The van der Waals surface area contributed by atoms with E-state index in [-0.39, 0.29) is 6.04 Å². The summed E-state index contributed by atoms with van der Waals surface area (Å²) in [6.45, 7) is 1.91. The lowest BCUT2D eigenvalue weighted by Gasteiger charge is -2.15. The van der Waals surface area contributed by atoms with Crippen LogP contribution in [0.2, 0.25) is 5.02 Å². The van der Waals surface area contributed by atoms with Gasteiger partial charge in [0.1, 0.15) is 5.76 Å². The van der Waals surface area contributed by atoms with Crippen LogP contribution in [0.25, 0.3) is 0 Å². The Labute approximate surface area is 119 Å². The molecule has 0 aliphatic carbocycles. The SMILES string of the molecule is Cc1cc(C(Cc2ccc(Br)cc2Cl)NN)co1. The van der Waals surface area contributed by atoms with Gasteiger partial charge in [-0.1, -0.05) is 33.6 Å². The van der Waals surface area contributed by atoms with Crippen molar-refractivity contribution in [1.82, 2.24) is 5.43 Å². The van der Waals surface area contributed by atoms with E-state index in [4.69, 9.17) is 21.9 Å². The van der Waals surface area contributed by atoms with Gasteiger partial charge in [0.15, 0.2) is 0 Å². The van der Waals surface area contributed by atoms with Crippen molar-refractivity contribution in [2.24, 2.45) is 5.84 Å². The second kappa shape index (κ2) is 5.89. The monoisotopic (exact) mass is 328 g/mol. The van der Waals surface area contributed by atoms with Crippen LogP contribution in [0.1, 0.15) is 22.9 Å². The molecule has 1 heterocycles. The Balaban J connectivity index is 2.20. The van der Waals surface area contributed by atoms with Gasteiger partial charge in [-0.2, -0.15) is 0 Å². The molecule has 1 atom stereocenters. The number of hydrogen-bond donors (Lipinski definition) is 2. The zero-order valence-electron chi connectivity index (χ0n) is 9.91. The largest absolute Gasteiger partial charge is 0.469 e. The Morgan fingerprint density at radius 3 is 2.78 bits per heavy atom. The second-order valence-corrected chi connectivity index (χ2v) is 5.47. The minimum absolute atomic E-state index is 0.0128. The minimum atomic E-state index is -0.0128. The number of rotatable bonds is 4. The highest BCUT2D eigenvalue weighted by molar-refractivity contribution is 9.10. The van der Waals surface area contributed by atoms with Crippen LogP contribution in [0.3, 0.4) is 0 Å². The summed E-state index contributed by atoms with van der Waals surface area (Å²) in [5.41, 5.74) is 4.86. The number of halogens is 2. The Hall–Kier alpha value is -0.810. The smallest absolute Gasteiger partial charge is 0.101 e. The van der Waals surface area contributed by atoms with E-state index < -0.39 is 0 Å². The molecule has 0 aliphatic heterocycles. The van der Waals surface area contributed by atoms with Crippen molar-refractivity contribution in [2.45, 2.75) is 19.4 Å². The molecule has 0 amide bonds. The molecule has 0 saturated heterocycles. The van der Waals surface area contributed by atoms with Gasteiger partial charge < -0.3 is 4.42 Å². The Morgan fingerprint density at radius 2 is 2.22 bits per heavy atom. The van der Waals surface area contributed by atoms with Crippen molar-refractivity contribution in [2.75, 3.05) is 0 Å². The topological polar surface area (TPSA) is 51.2 Å². The molecule has 18 heavy (non-hydrogen) atoms. The van der Waals surface area contributed by atoms with E-state index in [0.717, 1.165) is 26.4 Å². The van der Waals surface area contributed by atoms with Gasteiger partial charge in [-0.05, 0) is 37.1 Å². The second-order valence-electron chi connectivity index (χ2n) is 4.15. The van der Waals surface area contributed by atoms with Crippen molar-refractivity contribution in [3.8, 4) is 0 Å². The highest BCUT2D eigenvalue weighted by Crippen LogP contribution is 2.26. The number of hydrogen-bond acceptors (Lipinski definition) is 3. The molecule has 1 aromatic heterocycles. The first-order valence-electron chi connectivity index (χ1n) is 5.55. The summed E-state index contributed by atoms with van der Waals surface area (Å²) in [6, 6.07) is 7.79. The standard InChI is InChI=1S/C13H14BrClN2O/c1-8-4-10(7-18-8)13(17-16)5-9-2-3-11(14)6-12(9)15/h2-4,6-7,13,17H,5,16H2,1H3. The van der Waals surface area contributed by atoms with Gasteiger partial charge in [-0.3, -0.25) is 11.3 Å². The lowest BCUT2D eigenvalue weighted by Crippen LogP contribution is -2.29. The maximum Gasteiger partial charge on any atom is 0.101 e. The van der Waals surface area contributed by atoms with Gasteiger partial charge in [0.05, 0.1) is 12.3 Å². The summed E-state index contributed by atoms with van der Waals surface area (Å²) < 4.78 is 6.26. The van der Waals surface area contributed by atoms with Gasteiger partial charge in [-0.15, -0.1) is 0 Å². The normalized spacial score (nSPS) is 12.7. The summed E-state index contributed by atoms with van der Waals surface area (Å²) in [5.74, 6) is 6.47. The van der Waals surface area contributed by atoms with Crippen molar-refractivity contribution in [3.63, 3.8) is 0 Å². The van der Waals surface area contributed by atoms with E-state index in [1.165, 1.54) is 0 Å². The van der Waals surface area contributed by atoms with Crippen LogP contribution < -0.4 is 11.3 Å². The average molecular weight is 330 g/mol. The van der Waals surface area contributed by atoms with Crippen molar-refractivity contribution < 1.29 is 4.42 Å². The molecule has 0 bridgehead atoms. The van der Waals surface area contributed by atoms with Crippen LogP contribution in [0, 0.1) is 6.92 Å². The lowest BCUT2D eigenvalue weighted by atomic mass is 10.0. The third kappa shape index (κ3) is 3.14. The quantitative estimate of drug-likeness (QED) is 0.663. The Morgan fingerprint density at radius 1 is 1.44 bits per heavy atom. The summed E-state index contributed by atoms with van der Waals surface area (Å²) in [7, 11) is 0. The van der Waals surface area contributed by atoms with E-state index in [9.17, 15) is 0 Å². The first kappa shape index (κ1) is 13.6. The molecule has 0 radical (unpaired) electrons. The minimum Gasteiger partial charge on any atom is -0.469 e. The van der Waals surface area contributed by atoms with Crippen LogP contribution >= 0.6 is 27.5 Å². The fourth-order valence-electron chi connectivity index (χ4n) is 1.83. The number of hydrazine groups is 1. The fraction of sp³-hybridized carbons (Fsp3) is 0.231. The maximum absolute atomic E-state index is 6.20. The van der Waals surface area contributed by atoms with Crippen molar-refractivity contribution in [3.05, 3.63) is 56.9 Å². The summed E-state index contributed by atoms with van der Waals surface area (Å²) in [4.78, 5) is 0. The van der Waals surface area contributed by atoms with Crippen LogP contribution in [0.5, 0.6) is 0 Å². The number of furan rings is 1. The molecule has 96 valence electrons. The number of aryl methyl sites for hydroxylation is 1.